The Hall–Kier alpha value is -2.13. The van der Waals surface area contributed by atoms with Crippen LogP contribution in [0.15, 0.2) is 63.4 Å². The summed E-state index contributed by atoms with van der Waals surface area (Å²) in [6.07, 6.45) is 4.27. The van der Waals surface area contributed by atoms with Gasteiger partial charge in [-0.05, 0) is 54.6 Å². The minimum atomic E-state index is -3.67. The van der Waals surface area contributed by atoms with E-state index in [1.165, 1.54) is 22.5 Å². The van der Waals surface area contributed by atoms with E-state index in [0.29, 0.717) is 25.4 Å². The molecule has 0 unspecified atom stereocenters. The number of thiophene rings is 1. The van der Waals surface area contributed by atoms with Crippen molar-refractivity contribution in [1.29, 1.82) is 0 Å². The van der Waals surface area contributed by atoms with Gasteiger partial charge in [0.15, 0.2) is 0 Å². The number of carbonyl (C=O) groups is 1. The average molecular weight is 479 g/mol. The smallest absolute Gasteiger partial charge is 0.256 e. The number of benzene rings is 1. The number of halogens is 1. The maximum absolute atomic E-state index is 13.5. The fourth-order valence-corrected chi connectivity index (χ4v) is 6.10. The van der Waals surface area contributed by atoms with Crippen molar-refractivity contribution >= 4 is 38.9 Å². The quantitative estimate of drug-likeness (QED) is 0.478. The van der Waals surface area contributed by atoms with E-state index >= 15 is 0 Å². The van der Waals surface area contributed by atoms with Crippen LogP contribution in [0.1, 0.15) is 40.3 Å². The molecule has 9 heteroatoms. The molecule has 1 amide bonds. The Morgan fingerprint density at radius 2 is 1.90 bits per heavy atom. The summed E-state index contributed by atoms with van der Waals surface area (Å²) >= 11 is 7.90. The highest BCUT2D eigenvalue weighted by molar-refractivity contribution is 7.89. The van der Waals surface area contributed by atoms with Crippen LogP contribution in [0.4, 0.5) is 0 Å². The van der Waals surface area contributed by atoms with Crippen LogP contribution in [-0.4, -0.2) is 36.6 Å². The molecule has 2 aromatic heterocycles. The van der Waals surface area contributed by atoms with Gasteiger partial charge in [-0.25, -0.2) is 8.42 Å². The lowest BCUT2D eigenvalue weighted by atomic mass is 10.2. The summed E-state index contributed by atoms with van der Waals surface area (Å²) in [5, 5.41) is 2.17. The number of furan rings is 1. The summed E-state index contributed by atoms with van der Waals surface area (Å²) in [5.41, 5.74) is 0.169. The number of rotatable bonds is 7. The molecule has 1 fully saturated rings. The zero-order valence-corrected chi connectivity index (χ0v) is 19.3. The maximum atomic E-state index is 13.5. The van der Waals surface area contributed by atoms with E-state index in [9.17, 15) is 13.2 Å². The molecule has 0 atom stereocenters. The van der Waals surface area contributed by atoms with E-state index < -0.39 is 10.0 Å². The maximum Gasteiger partial charge on any atom is 0.256 e. The van der Waals surface area contributed by atoms with Gasteiger partial charge in [-0.2, -0.15) is 4.31 Å². The first kappa shape index (κ1) is 22.1. The van der Waals surface area contributed by atoms with E-state index in [4.69, 9.17) is 16.0 Å². The number of hydrogen-bond donors (Lipinski definition) is 0. The summed E-state index contributed by atoms with van der Waals surface area (Å²) in [6.45, 7) is 1.62. The van der Waals surface area contributed by atoms with Crippen molar-refractivity contribution in [2.75, 3.05) is 13.1 Å². The first-order valence-electron chi connectivity index (χ1n) is 10.1. The average Bonchev–Trinajstić information content (AvgIpc) is 3.48. The minimum Gasteiger partial charge on any atom is -0.467 e. The van der Waals surface area contributed by atoms with Crippen molar-refractivity contribution in [3.05, 3.63) is 75.3 Å². The number of carbonyl (C=O) groups excluding carboxylic acids is 1. The Kier molecular flexibility index (Phi) is 6.81. The SMILES string of the molecule is O=C(c1cc(S(=O)(=O)N2CCCCC2)ccc1Cl)N(Cc1ccco1)Cc1cccs1. The molecule has 0 radical (unpaired) electrons. The van der Waals surface area contributed by atoms with Gasteiger partial charge in [-0.15, -0.1) is 11.3 Å². The van der Waals surface area contributed by atoms with Crippen LogP contribution in [-0.2, 0) is 23.1 Å². The highest BCUT2D eigenvalue weighted by Gasteiger charge is 2.28. The second-order valence-corrected chi connectivity index (χ2v) is 10.8. The van der Waals surface area contributed by atoms with E-state index in [-0.39, 0.29) is 27.9 Å². The Labute approximate surface area is 191 Å². The fourth-order valence-electron chi connectivity index (χ4n) is 3.63. The molecule has 6 nitrogen and oxygen atoms in total. The van der Waals surface area contributed by atoms with Crippen molar-refractivity contribution < 1.29 is 17.6 Å². The number of hydrogen-bond acceptors (Lipinski definition) is 5. The largest absolute Gasteiger partial charge is 0.467 e. The molecule has 3 heterocycles. The lowest BCUT2D eigenvalue weighted by molar-refractivity contribution is 0.0719. The fraction of sp³-hybridized carbons (Fsp3) is 0.318. The topological polar surface area (TPSA) is 70.8 Å². The molecule has 0 saturated carbocycles. The highest BCUT2D eigenvalue weighted by atomic mass is 35.5. The van der Waals surface area contributed by atoms with E-state index in [1.54, 1.807) is 34.6 Å². The molecule has 0 N–H and O–H groups in total. The number of amides is 1. The summed E-state index contributed by atoms with van der Waals surface area (Å²) in [7, 11) is -3.67. The molecule has 0 aliphatic carbocycles. The summed E-state index contributed by atoms with van der Waals surface area (Å²) < 4.78 is 33.1. The van der Waals surface area contributed by atoms with Gasteiger partial charge in [-0.3, -0.25) is 4.79 Å². The van der Waals surface area contributed by atoms with Crippen LogP contribution in [0.5, 0.6) is 0 Å². The Balaban J connectivity index is 1.65. The second-order valence-electron chi connectivity index (χ2n) is 7.43. The third-order valence-corrected chi connectivity index (χ3v) is 8.35. The molecule has 1 aromatic carbocycles. The monoisotopic (exact) mass is 478 g/mol. The first-order chi connectivity index (χ1) is 14.9. The van der Waals surface area contributed by atoms with Crippen molar-refractivity contribution in [2.45, 2.75) is 37.2 Å². The zero-order chi connectivity index (χ0) is 21.8. The van der Waals surface area contributed by atoms with Gasteiger partial charge in [0, 0.05) is 18.0 Å². The third kappa shape index (κ3) is 5.03. The van der Waals surface area contributed by atoms with E-state index in [2.05, 4.69) is 0 Å². The van der Waals surface area contributed by atoms with Gasteiger partial charge < -0.3 is 9.32 Å². The van der Waals surface area contributed by atoms with Crippen LogP contribution in [0.3, 0.4) is 0 Å². The molecule has 31 heavy (non-hydrogen) atoms. The first-order valence-corrected chi connectivity index (χ1v) is 12.8. The summed E-state index contributed by atoms with van der Waals surface area (Å²) in [4.78, 5) is 16.2. The number of sulfonamides is 1. The Morgan fingerprint density at radius 1 is 1.10 bits per heavy atom. The van der Waals surface area contributed by atoms with E-state index in [0.717, 1.165) is 24.1 Å². The summed E-state index contributed by atoms with van der Waals surface area (Å²) in [6, 6.07) is 11.8. The summed E-state index contributed by atoms with van der Waals surface area (Å²) in [5.74, 6) is 0.295. The van der Waals surface area contributed by atoms with Crippen LogP contribution >= 0.6 is 22.9 Å². The molecular formula is C22H23ClN2O4S2. The van der Waals surface area contributed by atoms with Gasteiger partial charge in [0.2, 0.25) is 10.0 Å². The number of nitrogens with zero attached hydrogens (tertiary/aromatic N) is 2. The third-order valence-electron chi connectivity index (χ3n) is 5.26. The molecule has 3 aromatic rings. The number of piperidine rings is 1. The molecular weight excluding hydrogens is 456 g/mol. The molecule has 0 bridgehead atoms. The zero-order valence-electron chi connectivity index (χ0n) is 16.9. The predicted molar refractivity (Wildman–Crippen MR) is 121 cm³/mol. The van der Waals surface area contributed by atoms with Crippen LogP contribution < -0.4 is 0 Å². The Bertz CT molecular complexity index is 1090. The highest BCUT2D eigenvalue weighted by Crippen LogP contribution is 2.27. The molecule has 164 valence electrons. The minimum absolute atomic E-state index is 0.0937. The van der Waals surface area contributed by atoms with E-state index in [1.807, 2.05) is 17.5 Å². The van der Waals surface area contributed by atoms with Crippen molar-refractivity contribution in [3.63, 3.8) is 0 Å². The lowest BCUT2D eigenvalue weighted by Crippen LogP contribution is -2.36. The van der Waals surface area contributed by atoms with Crippen LogP contribution in [0, 0.1) is 0 Å². The Morgan fingerprint density at radius 3 is 2.58 bits per heavy atom. The molecule has 1 saturated heterocycles. The second kappa shape index (κ2) is 9.56. The van der Waals surface area contributed by atoms with Gasteiger partial charge >= 0.3 is 0 Å². The van der Waals surface area contributed by atoms with Gasteiger partial charge in [-0.1, -0.05) is 24.1 Å². The van der Waals surface area contributed by atoms with Crippen molar-refractivity contribution in [3.8, 4) is 0 Å². The molecule has 0 spiro atoms. The molecule has 1 aliphatic rings. The molecule has 4 rings (SSSR count). The van der Waals surface area contributed by atoms with Crippen molar-refractivity contribution in [1.82, 2.24) is 9.21 Å². The van der Waals surface area contributed by atoms with Gasteiger partial charge in [0.05, 0.1) is 34.8 Å². The normalized spacial score (nSPS) is 15.1. The van der Waals surface area contributed by atoms with Gasteiger partial charge in [0.1, 0.15) is 5.76 Å². The van der Waals surface area contributed by atoms with Crippen molar-refractivity contribution in [2.24, 2.45) is 0 Å². The van der Waals surface area contributed by atoms with Crippen LogP contribution in [0.25, 0.3) is 0 Å². The molecule has 1 aliphatic heterocycles. The lowest BCUT2D eigenvalue weighted by Gasteiger charge is -2.26. The van der Waals surface area contributed by atoms with Crippen LogP contribution in [0.2, 0.25) is 5.02 Å². The van der Waals surface area contributed by atoms with Gasteiger partial charge in [0.25, 0.3) is 5.91 Å². The standard InChI is InChI=1S/C22H23ClN2O4S2/c23-21-9-8-19(31(27,28)25-10-2-1-3-11-25)14-20(21)22(26)24(15-17-6-4-12-29-17)16-18-7-5-13-30-18/h4-9,12-14H,1-3,10-11,15-16H2. The predicted octanol–water partition coefficient (Wildman–Crippen LogP) is 5.01.